The molecule has 6 nitrogen and oxygen atoms in total. The van der Waals surface area contributed by atoms with Crippen molar-refractivity contribution in [3.8, 4) is 11.6 Å². The summed E-state index contributed by atoms with van der Waals surface area (Å²) in [5.41, 5.74) is 6.74. The van der Waals surface area contributed by atoms with Gasteiger partial charge in [-0.25, -0.2) is 9.97 Å². The summed E-state index contributed by atoms with van der Waals surface area (Å²) in [5.74, 6) is -1.28. The van der Waals surface area contributed by atoms with Crippen LogP contribution >= 0.6 is 0 Å². The van der Waals surface area contributed by atoms with Crippen molar-refractivity contribution < 1.29 is 17.9 Å². The number of methoxy groups -OCH3 is 1. The molecule has 2 heterocycles. The molecule has 2 N–H and O–H groups in total. The molecule has 0 aliphatic carbocycles. The number of aromatic nitrogens is 4. The van der Waals surface area contributed by atoms with Gasteiger partial charge in [0.25, 0.3) is 5.88 Å². The number of unbranched alkanes of at least 4 members (excludes halogenated alkanes) is 1. The van der Waals surface area contributed by atoms with Crippen LogP contribution in [0.25, 0.3) is 17.0 Å². The maximum Gasteiger partial charge on any atom is 0.450 e. The molecule has 0 aliphatic rings. The maximum absolute atomic E-state index is 13.5. The Bertz CT molecular complexity index is 919. The zero-order valence-corrected chi connectivity index (χ0v) is 14.3. The van der Waals surface area contributed by atoms with E-state index in [1.165, 1.54) is 7.11 Å². The lowest BCUT2D eigenvalue weighted by Gasteiger charge is -2.12. The van der Waals surface area contributed by atoms with E-state index < -0.39 is 12.0 Å². The number of fused-ring (bicyclic) bond motifs is 1. The number of benzene rings is 1. The first-order chi connectivity index (χ1) is 12.3. The van der Waals surface area contributed by atoms with E-state index in [1.54, 1.807) is 24.3 Å². The van der Waals surface area contributed by atoms with Crippen molar-refractivity contribution in [2.24, 2.45) is 0 Å². The Morgan fingerprint density at radius 3 is 2.38 bits per heavy atom. The van der Waals surface area contributed by atoms with Crippen molar-refractivity contribution in [2.45, 2.75) is 32.4 Å². The molecule has 0 fully saturated rings. The molecule has 0 spiro atoms. The van der Waals surface area contributed by atoms with Gasteiger partial charge in [0.05, 0.1) is 7.11 Å². The fraction of sp³-hybridized carbons (Fsp3) is 0.353. The average Bonchev–Trinajstić information content (AvgIpc) is 2.98. The van der Waals surface area contributed by atoms with Gasteiger partial charge >= 0.3 is 6.18 Å². The lowest BCUT2D eigenvalue weighted by Crippen LogP contribution is -2.14. The smallest absolute Gasteiger partial charge is 0.450 e. The number of hydrogen-bond acceptors (Lipinski definition) is 5. The van der Waals surface area contributed by atoms with Gasteiger partial charge in [-0.2, -0.15) is 18.2 Å². The van der Waals surface area contributed by atoms with E-state index in [4.69, 9.17) is 10.5 Å². The third-order valence-electron chi connectivity index (χ3n) is 3.95. The van der Waals surface area contributed by atoms with Crippen molar-refractivity contribution in [2.75, 3.05) is 12.8 Å². The Labute approximate surface area is 147 Å². The molecule has 0 atom stereocenters. The number of imidazole rings is 1. The zero-order chi connectivity index (χ0) is 18.9. The molecule has 0 saturated carbocycles. The van der Waals surface area contributed by atoms with Gasteiger partial charge in [-0.05, 0) is 30.5 Å². The number of nitrogens with zero attached hydrogens (tertiary/aromatic N) is 4. The quantitative estimate of drug-likeness (QED) is 0.745. The minimum absolute atomic E-state index is 0.0491. The van der Waals surface area contributed by atoms with E-state index in [1.807, 2.05) is 0 Å². The van der Waals surface area contributed by atoms with Crippen molar-refractivity contribution in [1.82, 2.24) is 19.5 Å². The minimum Gasteiger partial charge on any atom is -0.478 e. The number of nitrogens with two attached hydrogens (primary N) is 1. The van der Waals surface area contributed by atoms with Gasteiger partial charge in [0.1, 0.15) is 0 Å². The van der Waals surface area contributed by atoms with Crippen LogP contribution in [0.1, 0.15) is 31.2 Å². The summed E-state index contributed by atoms with van der Waals surface area (Å²) in [6.07, 6.45) is -1.74. The molecule has 0 unspecified atom stereocenters. The van der Waals surface area contributed by atoms with Crippen LogP contribution in [-0.4, -0.2) is 26.6 Å². The van der Waals surface area contributed by atoms with E-state index in [0.717, 1.165) is 29.4 Å². The van der Waals surface area contributed by atoms with Gasteiger partial charge in [-0.1, -0.05) is 25.5 Å². The molecule has 0 radical (unpaired) electrons. The Balaban J connectivity index is 2.19. The van der Waals surface area contributed by atoms with E-state index >= 15 is 0 Å². The van der Waals surface area contributed by atoms with Crippen LogP contribution in [0.15, 0.2) is 24.3 Å². The van der Waals surface area contributed by atoms with E-state index in [-0.39, 0.29) is 23.0 Å². The molecule has 138 valence electrons. The van der Waals surface area contributed by atoms with Crippen molar-refractivity contribution >= 4 is 17.1 Å². The van der Waals surface area contributed by atoms with Crippen LogP contribution in [0, 0.1) is 0 Å². The average molecular weight is 365 g/mol. The molecule has 26 heavy (non-hydrogen) atoms. The Hall–Kier alpha value is -2.84. The predicted octanol–water partition coefficient (Wildman–Crippen LogP) is 3.77. The van der Waals surface area contributed by atoms with Crippen molar-refractivity contribution in [3.05, 3.63) is 35.7 Å². The lowest BCUT2D eigenvalue weighted by atomic mass is 10.1. The highest BCUT2D eigenvalue weighted by molar-refractivity contribution is 5.73. The van der Waals surface area contributed by atoms with E-state index in [9.17, 15) is 13.2 Å². The molecule has 0 aliphatic heterocycles. The summed E-state index contributed by atoms with van der Waals surface area (Å²) in [4.78, 5) is 11.5. The van der Waals surface area contributed by atoms with Crippen LogP contribution in [-0.2, 0) is 12.6 Å². The van der Waals surface area contributed by atoms with E-state index in [2.05, 4.69) is 21.9 Å². The number of aryl methyl sites for hydroxylation is 1. The molecule has 0 bridgehead atoms. The van der Waals surface area contributed by atoms with Gasteiger partial charge in [0.2, 0.25) is 11.5 Å². The Morgan fingerprint density at radius 2 is 1.81 bits per heavy atom. The van der Waals surface area contributed by atoms with Gasteiger partial charge in [0, 0.05) is 5.69 Å². The number of anilines is 1. The number of hydrogen-bond donors (Lipinski definition) is 1. The first-order valence-corrected chi connectivity index (χ1v) is 8.11. The summed E-state index contributed by atoms with van der Waals surface area (Å²) in [6, 6.07) is 6.84. The SMILES string of the molecule is CCCCc1ccc(-n2c(C(F)(F)F)nc3nc(N)c(OC)nc32)cc1. The number of alkyl halides is 3. The highest BCUT2D eigenvalue weighted by Gasteiger charge is 2.39. The standard InChI is InChI=1S/C17H18F3N5O/c1-3-4-5-10-6-8-11(9-7-10)25-14-13(23-16(25)17(18,19)20)22-12(21)15(24-14)26-2/h6-9H,3-5H2,1-2H3,(H2,21,22). The topological polar surface area (TPSA) is 78.9 Å². The molecule has 0 amide bonds. The summed E-state index contributed by atoms with van der Waals surface area (Å²) in [5, 5.41) is 0. The number of halogens is 3. The fourth-order valence-electron chi connectivity index (χ4n) is 2.67. The summed E-state index contributed by atoms with van der Waals surface area (Å²) >= 11 is 0. The zero-order valence-electron chi connectivity index (χ0n) is 14.3. The Morgan fingerprint density at radius 1 is 1.12 bits per heavy atom. The number of nitrogen functional groups attached to an aromatic ring is 1. The predicted molar refractivity (Wildman–Crippen MR) is 91.2 cm³/mol. The highest BCUT2D eigenvalue weighted by atomic mass is 19.4. The first-order valence-electron chi connectivity index (χ1n) is 8.11. The van der Waals surface area contributed by atoms with Crippen LogP contribution in [0.4, 0.5) is 19.0 Å². The maximum atomic E-state index is 13.5. The van der Waals surface area contributed by atoms with Gasteiger partial charge < -0.3 is 10.5 Å². The highest BCUT2D eigenvalue weighted by Crippen LogP contribution is 2.34. The fourth-order valence-corrected chi connectivity index (χ4v) is 2.67. The molecule has 3 rings (SSSR count). The molecule has 9 heteroatoms. The minimum atomic E-state index is -4.68. The molecular formula is C17H18F3N5O. The molecule has 2 aromatic heterocycles. The Kier molecular flexibility index (Phi) is 4.71. The first kappa shape index (κ1) is 18.0. The third-order valence-corrected chi connectivity index (χ3v) is 3.95. The van der Waals surface area contributed by atoms with Crippen molar-refractivity contribution in [1.29, 1.82) is 0 Å². The summed E-state index contributed by atoms with van der Waals surface area (Å²) < 4.78 is 46.4. The van der Waals surface area contributed by atoms with Gasteiger partial charge in [-0.3, -0.25) is 4.57 Å². The van der Waals surface area contributed by atoms with Crippen LogP contribution in [0.5, 0.6) is 5.88 Å². The molecule has 1 aromatic carbocycles. The summed E-state index contributed by atoms with van der Waals surface area (Å²) in [6.45, 7) is 2.08. The van der Waals surface area contributed by atoms with Gasteiger partial charge in [-0.15, -0.1) is 0 Å². The number of ether oxygens (including phenoxy) is 1. The number of rotatable bonds is 5. The normalized spacial score (nSPS) is 11.9. The molecule has 0 saturated heterocycles. The largest absolute Gasteiger partial charge is 0.478 e. The van der Waals surface area contributed by atoms with Crippen molar-refractivity contribution in [3.63, 3.8) is 0 Å². The second kappa shape index (κ2) is 6.81. The molecule has 3 aromatic rings. The van der Waals surface area contributed by atoms with Gasteiger partial charge in [0.15, 0.2) is 11.5 Å². The van der Waals surface area contributed by atoms with Crippen LogP contribution < -0.4 is 10.5 Å². The van der Waals surface area contributed by atoms with Crippen LogP contribution in [0.3, 0.4) is 0 Å². The third kappa shape index (κ3) is 3.29. The second-order valence-corrected chi connectivity index (χ2v) is 5.80. The summed E-state index contributed by atoms with van der Waals surface area (Å²) in [7, 11) is 1.32. The monoisotopic (exact) mass is 365 g/mol. The lowest BCUT2D eigenvalue weighted by molar-refractivity contribution is -0.145. The molecular weight excluding hydrogens is 347 g/mol. The second-order valence-electron chi connectivity index (χ2n) is 5.80. The van der Waals surface area contributed by atoms with E-state index in [0.29, 0.717) is 5.69 Å². The van der Waals surface area contributed by atoms with Crippen LogP contribution in [0.2, 0.25) is 0 Å².